The van der Waals surface area contributed by atoms with Gasteiger partial charge in [-0.1, -0.05) is 20.8 Å². The molecule has 0 aromatic carbocycles. The molecule has 0 heterocycles. The lowest BCUT2D eigenvalue weighted by Gasteiger charge is -2.59. The smallest absolute Gasteiger partial charge is 0.309 e. The maximum atomic E-state index is 12.5. The van der Waals surface area contributed by atoms with E-state index in [1.165, 1.54) is 38.5 Å². The molecule has 5 fully saturated rings. The fourth-order valence-corrected chi connectivity index (χ4v) is 6.97. The van der Waals surface area contributed by atoms with Crippen molar-refractivity contribution in [1.82, 2.24) is 0 Å². The minimum Gasteiger partial charge on any atom is -0.459 e. The topological polar surface area (TPSA) is 26.3 Å². The van der Waals surface area contributed by atoms with Gasteiger partial charge in [0.1, 0.15) is 5.60 Å². The normalized spacial score (nSPS) is 50.0. The van der Waals surface area contributed by atoms with Crippen LogP contribution in [0.25, 0.3) is 0 Å². The summed E-state index contributed by atoms with van der Waals surface area (Å²) in [6, 6.07) is 0. The van der Waals surface area contributed by atoms with Gasteiger partial charge in [0.25, 0.3) is 0 Å². The molecule has 4 bridgehead atoms. The Bertz CT molecular complexity index is 459. The molecule has 0 aliphatic heterocycles. The molecule has 5 saturated carbocycles. The lowest BCUT2D eigenvalue weighted by Crippen LogP contribution is -2.59. The molecule has 5 aliphatic carbocycles. The van der Waals surface area contributed by atoms with Crippen molar-refractivity contribution in [2.45, 2.75) is 77.7 Å². The number of esters is 1. The van der Waals surface area contributed by atoms with E-state index in [1.807, 2.05) is 6.92 Å². The highest BCUT2D eigenvalue weighted by Gasteiger charge is 2.64. The van der Waals surface area contributed by atoms with Gasteiger partial charge in [-0.15, -0.1) is 0 Å². The van der Waals surface area contributed by atoms with Crippen molar-refractivity contribution in [2.75, 3.05) is 0 Å². The number of ether oxygens (including phenoxy) is 1. The maximum absolute atomic E-state index is 12.5. The Morgan fingerprint density at radius 2 is 1.77 bits per heavy atom. The fourth-order valence-electron chi connectivity index (χ4n) is 6.97. The first-order valence-electron chi connectivity index (χ1n) is 9.82. The van der Waals surface area contributed by atoms with Crippen LogP contribution in [0.2, 0.25) is 0 Å². The molecule has 2 heteroatoms. The van der Waals surface area contributed by atoms with Gasteiger partial charge in [-0.3, -0.25) is 4.79 Å². The Morgan fingerprint density at radius 3 is 2.45 bits per heavy atom. The second kappa shape index (κ2) is 5.24. The van der Waals surface area contributed by atoms with Gasteiger partial charge in [0.05, 0.1) is 5.92 Å². The highest BCUT2D eigenvalue weighted by atomic mass is 16.6. The first-order chi connectivity index (χ1) is 10.6. The molecular formula is C20H32O2. The predicted octanol–water partition coefficient (Wildman–Crippen LogP) is 4.82. The Morgan fingerprint density at radius 1 is 1.09 bits per heavy atom. The molecule has 0 saturated heterocycles. The van der Waals surface area contributed by atoms with Gasteiger partial charge >= 0.3 is 5.97 Å². The summed E-state index contributed by atoms with van der Waals surface area (Å²) in [6.45, 7) is 6.36. The van der Waals surface area contributed by atoms with E-state index in [9.17, 15) is 4.79 Å². The van der Waals surface area contributed by atoms with Crippen LogP contribution >= 0.6 is 0 Å². The third kappa shape index (κ3) is 1.94. The molecule has 0 radical (unpaired) electrons. The van der Waals surface area contributed by atoms with Crippen LogP contribution in [0.3, 0.4) is 0 Å². The molecule has 0 aromatic rings. The monoisotopic (exact) mass is 304 g/mol. The van der Waals surface area contributed by atoms with E-state index < -0.39 is 0 Å². The first-order valence-corrected chi connectivity index (χ1v) is 9.82. The fraction of sp³-hybridized carbons (Fsp3) is 0.950. The first kappa shape index (κ1) is 15.0. The zero-order valence-electron chi connectivity index (χ0n) is 14.5. The molecule has 22 heavy (non-hydrogen) atoms. The number of hydrogen-bond acceptors (Lipinski definition) is 2. The van der Waals surface area contributed by atoms with E-state index in [4.69, 9.17) is 4.74 Å². The molecule has 2 nitrogen and oxygen atoms in total. The van der Waals surface area contributed by atoms with Crippen molar-refractivity contribution in [3.63, 3.8) is 0 Å². The second-order valence-electron chi connectivity index (χ2n) is 8.78. The minimum atomic E-state index is -0.116. The number of carbonyl (C=O) groups excluding carboxylic acids is 1. The molecule has 0 spiro atoms. The summed E-state index contributed by atoms with van der Waals surface area (Å²) in [4.78, 5) is 12.5. The molecule has 0 aromatic heterocycles. The number of fused-ring (bicyclic) bond motifs is 4. The average Bonchev–Trinajstić information content (AvgIpc) is 3.17. The van der Waals surface area contributed by atoms with E-state index in [0.29, 0.717) is 5.92 Å². The van der Waals surface area contributed by atoms with Crippen molar-refractivity contribution in [3.8, 4) is 0 Å². The molecule has 124 valence electrons. The third-order valence-electron chi connectivity index (χ3n) is 8.10. The summed E-state index contributed by atoms with van der Waals surface area (Å²) in [5, 5.41) is 0. The summed E-state index contributed by atoms with van der Waals surface area (Å²) in [7, 11) is 0. The van der Waals surface area contributed by atoms with Gasteiger partial charge in [-0.25, -0.2) is 0 Å². The van der Waals surface area contributed by atoms with E-state index in [2.05, 4.69) is 13.8 Å². The molecule has 0 N–H and O–H groups in total. The highest BCUT2D eigenvalue weighted by Crippen LogP contribution is 2.68. The molecule has 8 unspecified atom stereocenters. The zero-order valence-corrected chi connectivity index (χ0v) is 14.5. The Kier molecular flexibility index (Phi) is 3.58. The Labute approximate surface area is 135 Å². The van der Waals surface area contributed by atoms with E-state index >= 15 is 0 Å². The molecule has 0 amide bonds. The quantitative estimate of drug-likeness (QED) is 0.696. The molecule has 5 rings (SSSR count). The summed E-state index contributed by atoms with van der Waals surface area (Å²) in [5.74, 6) is 5.47. The van der Waals surface area contributed by atoms with Crippen molar-refractivity contribution in [3.05, 3.63) is 0 Å². The van der Waals surface area contributed by atoms with Crippen LogP contribution < -0.4 is 0 Å². The van der Waals surface area contributed by atoms with Gasteiger partial charge in [0, 0.05) is 5.92 Å². The van der Waals surface area contributed by atoms with Crippen molar-refractivity contribution < 1.29 is 9.53 Å². The van der Waals surface area contributed by atoms with Crippen LogP contribution in [0, 0.1) is 41.4 Å². The van der Waals surface area contributed by atoms with Crippen molar-refractivity contribution in [1.29, 1.82) is 0 Å². The van der Waals surface area contributed by atoms with Gasteiger partial charge < -0.3 is 4.74 Å². The molecular weight excluding hydrogens is 272 g/mol. The van der Waals surface area contributed by atoms with Crippen LogP contribution in [0.4, 0.5) is 0 Å². The lowest BCUT2D eigenvalue weighted by atomic mass is 9.49. The van der Waals surface area contributed by atoms with Gasteiger partial charge in [0.15, 0.2) is 0 Å². The van der Waals surface area contributed by atoms with Crippen molar-refractivity contribution >= 4 is 5.97 Å². The molecule has 5 aliphatic rings. The van der Waals surface area contributed by atoms with Crippen LogP contribution in [0.15, 0.2) is 0 Å². The van der Waals surface area contributed by atoms with Crippen LogP contribution in [-0.2, 0) is 9.53 Å². The average molecular weight is 304 g/mol. The summed E-state index contributed by atoms with van der Waals surface area (Å²) in [5.41, 5.74) is -0.116. The Balaban J connectivity index is 1.60. The molecule has 8 atom stereocenters. The van der Waals surface area contributed by atoms with Crippen LogP contribution in [-0.4, -0.2) is 11.6 Å². The van der Waals surface area contributed by atoms with Gasteiger partial charge in [0.2, 0.25) is 0 Å². The number of rotatable bonds is 4. The number of carbonyl (C=O) groups is 1. The van der Waals surface area contributed by atoms with Gasteiger partial charge in [-0.05, 0) is 81.0 Å². The van der Waals surface area contributed by atoms with Crippen LogP contribution in [0.1, 0.15) is 72.1 Å². The predicted molar refractivity (Wildman–Crippen MR) is 87.2 cm³/mol. The standard InChI is InChI=1S/C20H32O2/c1-4-12(3)19(21)22-20(5-2)11-15-8-9-16(20)18-14-7-6-13(10-14)17(15)18/h12-18H,4-11H2,1-3H3. The Hall–Kier alpha value is -0.530. The highest BCUT2D eigenvalue weighted by molar-refractivity contribution is 5.72. The maximum Gasteiger partial charge on any atom is 0.309 e. The SMILES string of the molecule is CCC(C)C(=O)OC1(CC)CC2CCC1C1C3CCC(C3)C21. The van der Waals surface area contributed by atoms with E-state index in [-0.39, 0.29) is 17.5 Å². The van der Waals surface area contributed by atoms with Crippen LogP contribution in [0.5, 0.6) is 0 Å². The summed E-state index contributed by atoms with van der Waals surface area (Å²) < 4.78 is 6.29. The van der Waals surface area contributed by atoms with E-state index in [1.54, 1.807) is 0 Å². The van der Waals surface area contributed by atoms with E-state index in [0.717, 1.165) is 42.4 Å². The largest absolute Gasteiger partial charge is 0.459 e. The van der Waals surface area contributed by atoms with Crippen molar-refractivity contribution in [2.24, 2.45) is 41.4 Å². The summed E-state index contributed by atoms with van der Waals surface area (Å²) >= 11 is 0. The zero-order chi connectivity index (χ0) is 15.5. The van der Waals surface area contributed by atoms with Gasteiger partial charge in [-0.2, -0.15) is 0 Å². The summed E-state index contributed by atoms with van der Waals surface area (Å²) in [6.07, 6.45) is 10.2. The lowest BCUT2D eigenvalue weighted by molar-refractivity contribution is -0.207. The number of hydrogen-bond donors (Lipinski definition) is 0. The second-order valence-corrected chi connectivity index (χ2v) is 8.78. The third-order valence-corrected chi connectivity index (χ3v) is 8.10. The minimum absolute atomic E-state index is 0.0553.